The van der Waals surface area contributed by atoms with Crippen molar-refractivity contribution in [2.75, 3.05) is 7.05 Å². The maximum atomic E-state index is 12.0. The summed E-state index contributed by atoms with van der Waals surface area (Å²) in [5.74, 6) is 0.677. The van der Waals surface area contributed by atoms with Crippen LogP contribution in [0.3, 0.4) is 0 Å². The Morgan fingerprint density at radius 1 is 1.44 bits per heavy atom. The van der Waals surface area contributed by atoms with E-state index in [-0.39, 0.29) is 0 Å². The molecule has 2 rings (SSSR count). The second-order valence-electron chi connectivity index (χ2n) is 3.61. The van der Waals surface area contributed by atoms with E-state index in [4.69, 9.17) is 4.18 Å². The van der Waals surface area contributed by atoms with Gasteiger partial charge in [-0.05, 0) is 22.6 Å². The summed E-state index contributed by atoms with van der Waals surface area (Å²) in [7, 11) is -2.31. The van der Waals surface area contributed by atoms with Crippen LogP contribution in [-0.2, 0) is 10.3 Å². The maximum absolute atomic E-state index is 12.0. The molecule has 0 saturated heterocycles. The SMILES string of the molecule is C/N=C1\c2c(C)cccc2OS(=O)(=O)N1/C=C\I. The topological polar surface area (TPSA) is 59.0 Å². The van der Waals surface area contributed by atoms with E-state index in [1.165, 1.54) is 6.20 Å². The van der Waals surface area contributed by atoms with Gasteiger partial charge in [0.2, 0.25) is 0 Å². The van der Waals surface area contributed by atoms with Crippen molar-refractivity contribution >= 4 is 38.7 Å². The molecular formula is C11H11IN2O3S. The second kappa shape index (κ2) is 4.88. The molecular weight excluding hydrogens is 367 g/mol. The van der Waals surface area contributed by atoms with E-state index in [0.29, 0.717) is 17.1 Å². The Kier molecular flexibility index (Phi) is 3.62. The predicted molar refractivity (Wildman–Crippen MR) is 78.2 cm³/mol. The number of benzene rings is 1. The molecule has 0 radical (unpaired) electrons. The normalized spacial score (nSPS) is 19.9. The molecule has 0 aliphatic carbocycles. The largest absolute Gasteiger partial charge is 0.415 e. The number of hydrogen-bond acceptors (Lipinski definition) is 4. The lowest BCUT2D eigenvalue weighted by molar-refractivity contribution is 0.443. The van der Waals surface area contributed by atoms with E-state index in [9.17, 15) is 8.42 Å². The average molecular weight is 378 g/mol. The third-order valence-electron chi connectivity index (χ3n) is 2.51. The molecule has 18 heavy (non-hydrogen) atoms. The van der Waals surface area contributed by atoms with Gasteiger partial charge in [0.25, 0.3) is 0 Å². The molecule has 1 aromatic carbocycles. The molecule has 7 heteroatoms. The molecule has 1 aliphatic heterocycles. The molecule has 0 amide bonds. The zero-order chi connectivity index (χ0) is 13.3. The summed E-state index contributed by atoms with van der Waals surface area (Å²) in [6.07, 6.45) is 1.41. The first kappa shape index (κ1) is 13.3. The van der Waals surface area contributed by atoms with Crippen molar-refractivity contribution in [3.63, 3.8) is 0 Å². The van der Waals surface area contributed by atoms with Crippen LogP contribution in [0.4, 0.5) is 0 Å². The number of halogens is 1. The molecule has 1 aliphatic rings. The van der Waals surface area contributed by atoms with Crippen LogP contribution in [0.15, 0.2) is 33.5 Å². The molecule has 1 heterocycles. The minimum Gasteiger partial charge on any atom is -0.366 e. The Labute approximate surface area is 120 Å². The first-order valence-electron chi connectivity index (χ1n) is 5.08. The van der Waals surface area contributed by atoms with Crippen LogP contribution in [0.1, 0.15) is 11.1 Å². The Morgan fingerprint density at radius 2 is 2.17 bits per heavy atom. The van der Waals surface area contributed by atoms with Crippen LogP contribution in [0, 0.1) is 6.92 Å². The summed E-state index contributed by atoms with van der Waals surface area (Å²) in [6, 6.07) is 5.26. The van der Waals surface area contributed by atoms with E-state index < -0.39 is 10.3 Å². The van der Waals surface area contributed by atoms with Gasteiger partial charge in [-0.1, -0.05) is 34.7 Å². The summed E-state index contributed by atoms with van der Waals surface area (Å²) in [5.41, 5.74) is 1.61. The van der Waals surface area contributed by atoms with Gasteiger partial charge in [0.05, 0.1) is 5.56 Å². The monoisotopic (exact) mass is 378 g/mol. The highest BCUT2D eigenvalue weighted by atomic mass is 127. The van der Waals surface area contributed by atoms with Crippen molar-refractivity contribution in [2.45, 2.75) is 6.92 Å². The molecule has 5 nitrogen and oxygen atoms in total. The maximum Gasteiger partial charge on any atom is 0.415 e. The lowest BCUT2D eigenvalue weighted by atomic mass is 10.1. The summed E-state index contributed by atoms with van der Waals surface area (Å²) in [6.45, 7) is 1.89. The van der Waals surface area contributed by atoms with Gasteiger partial charge in [-0.15, -0.1) is 0 Å². The third kappa shape index (κ3) is 2.12. The van der Waals surface area contributed by atoms with E-state index >= 15 is 0 Å². The number of aliphatic imine (C=N–C) groups is 1. The highest BCUT2D eigenvalue weighted by Crippen LogP contribution is 2.32. The number of hydrogen-bond donors (Lipinski definition) is 0. The molecule has 0 bridgehead atoms. The summed E-state index contributed by atoms with van der Waals surface area (Å²) >= 11 is 1.94. The van der Waals surface area contributed by atoms with Crippen LogP contribution >= 0.6 is 22.6 Å². The molecule has 1 aromatic rings. The van der Waals surface area contributed by atoms with Gasteiger partial charge in [-0.3, -0.25) is 4.99 Å². The number of fused-ring (bicyclic) bond motifs is 1. The van der Waals surface area contributed by atoms with E-state index in [1.807, 2.05) is 35.6 Å². The Bertz CT molecular complexity index is 638. The van der Waals surface area contributed by atoms with Crippen molar-refractivity contribution < 1.29 is 12.6 Å². The molecule has 96 valence electrons. The van der Waals surface area contributed by atoms with Gasteiger partial charge >= 0.3 is 10.3 Å². The first-order chi connectivity index (χ1) is 8.51. The van der Waals surface area contributed by atoms with Crippen molar-refractivity contribution in [2.24, 2.45) is 4.99 Å². The molecule has 0 aromatic heterocycles. The highest BCUT2D eigenvalue weighted by molar-refractivity contribution is 14.1. The summed E-state index contributed by atoms with van der Waals surface area (Å²) in [5, 5.41) is 0. The van der Waals surface area contributed by atoms with Gasteiger partial charge in [0.1, 0.15) is 0 Å². The van der Waals surface area contributed by atoms with Crippen LogP contribution < -0.4 is 4.18 Å². The Balaban J connectivity index is 2.74. The fourth-order valence-electron chi connectivity index (χ4n) is 1.77. The van der Waals surface area contributed by atoms with Crippen molar-refractivity contribution in [1.82, 2.24) is 4.31 Å². The average Bonchev–Trinajstić information content (AvgIpc) is 2.30. The van der Waals surface area contributed by atoms with Gasteiger partial charge in [0.15, 0.2) is 11.6 Å². The fourth-order valence-corrected chi connectivity index (χ4v) is 3.35. The lowest BCUT2D eigenvalue weighted by Gasteiger charge is -2.28. The van der Waals surface area contributed by atoms with Gasteiger partial charge in [0, 0.05) is 13.2 Å². The van der Waals surface area contributed by atoms with Crippen LogP contribution in [-0.4, -0.2) is 25.6 Å². The third-order valence-corrected chi connectivity index (χ3v) is 3.99. The first-order valence-corrected chi connectivity index (χ1v) is 7.70. The summed E-state index contributed by atoms with van der Waals surface area (Å²) in [4.78, 5) is 4.07. The van der Waals surface area contributed by atoms with E-state index in [0.717, 1.165) is 9.87 Å². The number of amidine groups is 1. The molecule has 0 atom stereocenters. The highest BCUT2D eigenvalue weighted by Gasteiger charge is 2.35. The van der Waals surface area contributed by atoms with E-state index in [2.05, 4.69) is 4.99 Å². The quantitative estimate of drug-likeness (QED) is 0.705. The fraction of sp³-hybridized carbons (Fsp3) is 0.182. The minimum atomic E-state index is -3.87. The lowest BCUT2D eigenvalue weighted by Crippen LogP contribution is -2.40. The Hall–Kier alpha value is -1.09. The zero-order valence-corrected chi connectivity index (χ0v) is 12.8. The predicted octanol–water partition coefficient (Wildman–Crippen LogP) is 2.22. The molecule has 0 saturated carbocycles. The van der Waals surface area contributed by atoms with Crippen LogP contribution in [0.25, 0.3) is 0 Å². The molecule has 0 unspecified atom stereocenters. The molecule has 0 spiro atoms. The van der Waals surface area contributed by atoms with Crippen LogP contribution in [0.2, 0.25) is 0 Å². The molecule has 0 fully saturated rings. The van der Waals surface area contributed by atoms with Crippen molar-refractivity contribution in [3.8, 4) is 5.75 Å². The minimum absolute atomic E-state index is 0.314. The molecule has 0 N–H and O–H groups in total. The van der Waals surface area contributed by atoms with E-state index in [1.54, 1.807) is 23.3 Å². The zero-order valence-electron chi connectivity index (χ0n) is 9.79. The second-order valence-corrected chi connectivity index (χ2v) is 5.74. The number of aryl methyl sites for hydroxylation is 1. The van der Waals surface area contributed by atoms with Crippen molar-refractivity contribution in [3.05, 3.63) is 39.6 Å². The number of rotatable bonds is 1. The standard InChI is InChI=1S/C11H11IN2O3S/c1-8-4-3-5-9-10(8)11(13-2)14(7-6-12)18(15,16)17-9/h3-7H,1-2H3/b7-6-,13-11+. The Morgan fingerprint density at radius 3 is 2.78 bits per heavy atom. The number of nitrogens with zero attached hydrogens (tertiary/aromatic N) is 2. The van der Waals surface area contributed by atoms with Gasteiger partial charge < -0.3 is 4.18 Å². The van der Waals surface area contributed by atoms with Crippen molar-refractivity contribution in [1.29, 1.82) is 0 Å². The van der Waals surface area contributed by atoms with Gasteiger partial charge in [-0.25, -0.2) is 0 Å². The smallest absolute Gasteiger partial charge is 0.366 e. The van der Waals surface area contributed by atoms with Crippen LogP contribution in [0.5, 0.6) is 5.75 Å². The van der Waals surface area contributed by atoms with Gasteiger partial charge in [-0.2, -0.15) is 12.7 Å². The summed E-state index contributed by atoms with van der Waals surface area (Å²) < 4.78 is 31.7.